The molecule has 0 aromatic carbocycles. The van der Waals surface area contributed by atoms with Crippen molar-refractivity contribution in [1.82, 2.24) is 10.3 Å². The maximum atomic E-state index is 11.6. The van der Waals surface area contributed by atoms with Crippen molar-refractivity contribution in [3.8, 4) is 0 Å². The Kier molecular flexibility index (Phi) is 6.25. The lowest BCUT2D eigenvalue weighted by Crippen LogP contribution is -2.22. The summed E-state index contributed by atoms with van der Waals surface area (Å²) in [7, 11) is 0. The van der Waals surface area contributed by atoms with E-state index in [4.69, 9.17) is 0 Å². The molecule has 0 radical (unpaired) electrons. The molecular weight excluding hydrogens is 214 g/mol. The molecule has 94 valence electrons. The van der Waals surface area contributed by atoms with Gasteiger partial charge in [-0.1, -0.05) is 13.3 Å². The van der Waals surface area contributed by atoms with Crippen LogP contribution in [0, 0.1) is 6.92 Å². The molecule has 1 heterocycles. The molecule has 2 N–H and O–H groups in total. The number of carbonyl (C=O) groups excluding carboxylic acids is 1. The summed E-state index contributed by atoms with van der Waals surface area (Å²) in [5, 5.41) is 6.02. The zero-order valence-electron chi connectivity index (χ0n) is 10.6. The van der Waals surface area contributed by atoms with Crippen molar-refractivity contribution in [3.63, 3.8) is 0 Å². The van der Waals surface area contributed by atoms with Crippen molar-refractivity contribution in [2.45, 2.75) is 33.1 Å². The van der Waals surface area contributed by atoms with E-state index >= 15 is 0 Å². The van der Waals surface area contributed by atoms with Crippen molar-refractivity contribution >= 4 is 11.7 Å². The van der Waals surface area contributed by atoms with Gasteiger partial charge in [0.25, 0.3) is 0 Å². The van der Waals surface area contributed by atoms with Gasteiger partial charge in [-0.3, -0.25) is 4.79 Å². The van der Waals surface area contributed by atoms with Crippen LogP contribution in [0.15, 0.2) is 18.3 Å². The van der Waals surface area contributed by atoms with Gasteiger partial charge in [0.15, 0.2) is 0 Å². The van der Waals surface area contributed by atoms with Crippen molar-refractivity contribution in [2.24, 2.45) is 0 Å². The number of aromatic nitrogens is 1. The molecule has 1 rings (SSSR count). The van der Waals surface area contributed by atoms with Crippen LogP contribution < -0.4 is 10.6 Å². The third-order valence-electron chi connectivity index (χ3n) is 2.42. The molecule has 0 atom stereocenters. The highest BCUT2D eigenvalue weighted by molar-refractivity contribution is 5.89. The third kappa shape index (κ3) is 6.02. The number of nitrogens with zero attached hydrogens (tertiary/aromatic N) is 1. The Morgan fingerprint density at radius 2 is 2.24 bits per heavy atom. The van der Waals surface area contributed by atoms with Crippen LogP contribution in [0.25, 0.3) is 0 Å². The van der Waals surface area contributed by atoms with Gasteiger partial charge in [0.05, 0.1) is 0 Å². The molecule has 0 saturated heterocycles. The maximum Gasteiger partial charge on any atom is 0.226 e. The molecule has 0 bridgehead atoms. The number of hydrogen-bond acceptors (Lipinski definition) is 3. The van der Waals surface area contributed by atoms with Crippen LogP contribution >= 0.6 is 0 Å². The summed E-state index contributed by atoms with van der Waals surface area (Å²) in [5.41, 5.74) is 1.09. The smallest absolute Gasteiger partial charge is 0.226 e. The molecule has 1 aromatic rings. The molecule has 4 nitrogen and oxygen atoms in total. The maximum absolute atomic E-state index is 11.6. The Bertz CT molecular complexity index is 352. The first-order valence-corrected chi connectivity index (χ1v) is 6.15. The van der Waals surface area contributed by atoms with Crippen LogP contribution in [0.1, 0.15) is 31.7 Å². The van der Waals surface area contributed by atoms with Gasteiger partial charge >= 0.3 is 0 Å². The fourth-order valence-electron chi connectivity index (χ4n) is 1.44. The highest BCUT2D eigenvalue weighted by Crippen LogP contribution is 2.05. The lowest BCUT2D eigenvalue weighted by Gasteiger charge is -2.05. The summed E-state index contributed by atoms with van der Waals surface area (Å²) < 4.78 is 0. The predicted molar refractivity (Wildman–Crippen MR) is 70.0 cm³/mol. The highest BCUT2D eigenvalue weighted by atomic mass is 16.1. The number of anilines is 1. The average molecular weight is 235 g/mol. The van der Waals surface area contributed by atoms with E-state index in [1.165, 1.54) is 6.42 Å². The zero-order chi connectivity index (χ0) is 12.5. The summed E-state index contributed by atoms with van der Waals surface area (Å²) in [4.78, 5) is 15.7. The Hall–Kier alpha value is -1.42. The van der Waals surface area contributed by atoms with Gasteiger partial charge in [-0.25, -0.2) is 4.98 Å². The normalized spacial score (nSPS) is 10.2. The number of hydrogen-bond donors (Lipinski definition) is 2. The van der Waals surface area contributed by atoms with E-state index < -0.39 is 0 Å². The number of unbranched alkanes of at least 4 members (excludes halogenated alkanes) is 1. The second-order valence-corrected chi connectivity index (χ2v) is 4.12. The first-order chi connectivity index (χ1) is 8.22. The molecule has 0 saturated carbocycles. The van der Waals surface area contributed by atoms with Crippen molar-refractivity contribution in [3.05, 3.63) is 23.9 Å². The van der Waals surface area contributed by atoms with Crippen LogP contribution in [0.4, 0.5) is 5.82 Å². The largest absolute Gasteiger partial charge is 0.316 e. The highest BCUT2D eigenvalue weighted by Gasteiger charge is 2.02. The topological polar surface area (TPSA) is 54.0 Å². The minimum atomic E-state index is 0.00657. The standard InChI is InChI=1S/C13H21N3O/c1-3-4-7-14-8-6-13(17)16-12-10-11(2)5-9-15-12/h5,9-10,14H,3-4,6-8H2,1-2H3,(H,15,16,17). The monoisotopic (exact) mass is 235 g/mol. The number of carbonyl (C=O) groups is 1. The molecule has 17 heavy (non-hydrogen) atoms. The summed E-state index contributed by atoms with van der Waals surface area (Å²) in [6.45, 7) is 5.82. The molecule has 0 aliphatic rings. The van der Waals surface area contributed by atoms with Crippen LogP contribution in [0.2, 0.25) is 0 Å². The lowest BCUT2D eigenvalue weighted by atomic mass is 10.3. The number of pyridine rings is 1. The SMILES string of the molecule is CCCCNCCC(=O)Nc1cc(C)ccn1. The first kappa shape index (κ1) is 13.6. The summed E-state index contributed by atoms with van der Waals surface area (Å²) in [6.07, 6.45) is 4.51. The molecule has 1 aromatic heterocycles. The molecule has 0 spiro atoms. The van der Waals surface area contributed by atoms with Gasteiger partial charge in [-0.05, 0) is 37.6 Å². The lowest BCUT2D eigenvalue weighted by molar-refractivity contribution is -0.116. The molecule has 0 aliphatic heterocycles. The van der Waals surface area contributed by atoms with E-state index in [1.54, 1.807) is 6.20 Å². The second-order valence-electron chi connectivity index (χ2n) is 4.12. The van der Waals surface area contributed by atoms with Crippen molar-refractivity contribution in [2.75, 3.05) is 18.4 Å². The van der Waals surface area contributed by atoms with Gasteiger partial charge in [0.2, 0.25) is 5.91 Å². The number of aryl methyl sites for hydroxylation is 1. The first-order valence-electron chi connectivity index (χ1n) is 6.15. The van der Waals surface area contributed by atoms with Gasteiger partial charge in [0, 0.05) is 19.2 Å². The van der Waals surface area contributed by atoms with Crippen LogP contribution in [0.5, 0.6) is 0 Å². The van der Waals surface area contributed by atoms with E-state index in [0.717, 1.165) is 25.1 Å². The fraction of sp³-hybridized carbons (Fsp3) is 0.538. The molecular formula is C13H21N3O. The Morgan fingerprint density at radius 3 is 2.94 bits per heavy atom. The molecule has 4 heteroatoms. The van der Waals surface area contributed by atoms with Crippen LogP contribution in [0.3, 0.4) is 0 Å². The van der Waals surface area contributed by atoms with E-state index in [0.29, 0.717) is 12.2 Å². The fourth-order valence-corrected chi connectivity index (χ4v) is 1.44. The predicted octanol–water partition coefficient (Wildman–Crippen LogP) is 2.11. The van der Waals surface area contributed by atoms with Gasteiger partial charge in [-0.2, -0.15) is 0 Å². The number of rotatable bonds is 7. The minimum Gasteiger partial charge on any atom is -0.316 e. The Labute approximate surface area is 103 Å². The van der Waals surface area contributed by atoms with Gasteiger partial charge < -0.3 is 10.6 Å². The quantitative estimate of drug-likeness (QED) is 0.712. The average Bonchev–Trinajstić information content (AvgIpc) is 2.29. The summed E-state index contributed by atoms with van der Waals surface area (Å²) in [5.74, 6) is 0.635. The number of nitrogens with one attached hydrogen (secondary N) is 2. The second kappa shape index (κ2) is 7.79. The van der Waals surface area contributed by atoms with E-state index in [-0.39, 0.29) is 5.91 Å². The molecule has 1 amide bonds. The third-order valence-corrected chi connectivity index (χ3v) is 2.42. The van der Waals surface area contributed by atoms with Crippen LogP contribution in [-0.4, -0.2) is 24.0 Å². The van der Waals surface area contributed by atoms with E-state index in [2.05, 4.69) is 22.5 Å². The van der Waals surface area contributed by atoms with Crippen molar-refractivity contribution < 1.29 is 4.79 Å². The van der Waals surface area contributed by atoms with Crippen molar-refractivity contribution in [1.29, 1.82) is 0 Å². The van der Waals surface area contributed by atoms with Crippen LogP contribution in [-0.2, 0) is 4.79 Å². The Balaban J connectivity index is 2.21. The zero-order valence-corrected chi connectivity index (χ0v) is 10.6. The minimum absolute atomic E-state index is 0.00657. The molecule has 0 aliphatic carbocycles. The van der Waals surface area contributed by atoms with Gasteiger partial charge in [-0.15, -0.1) is 0 Å². The van der Waals surface area contributed by atoms with E-state index in [1.807, 2.05) is 19.1 Å². The summed E-state index contributed by atoms with van der Waals surface area (Å²) in [6, 6.07) is 3.77. The number of amides is 1. The molecule has 0 unspecified atom stereocenters. The van der Waals surface area contributed by atoms with Gasteiger partial charge in [0.1, 0.15) is 5.82 Å². The van der Waals surface area contributed by atoms with E-state index in [9.17, 15) is 4.79 Å². The Morgan fingerprint density at radius 1 is 1.41 bits per heavy atom. The molecule has 0 fully saturated rings. The summed E-state index contributed by atoms with van der Waals surface area (Å²) >= 11 is 0.